The van der Waals surface area contributed by atoms with Crippen LogP contribution in [0.25, 0.3) is 11.3 Å². The van der Waals surface area contributed by atoms with Gasteiger partial charge in [0, 0.05) is 31.7 Å². The fraction of sp³-hybridized carbons (Fsp3) is 0.375. The summed E-state index contributed by atoms with van der Waals surface area (Å²) in [6, 6.07) is 9.79. The van der Waals surface area contributed by atoms with Gasteiger partial charge in [-0.15, -0.1) is 10.2 Å². The van der Waals surface area contributed by atoms with Crippen LogP contribution in [0.1, 0.15) is 6.92 Å². The molecule has 0 atom stereocenters. The standard InChI is InChI=1S/C16H19FN4O2S/c1-2-24(22,23)21-11-9-20(10-12-21)16-8-7-15(18-19-16)13-3-5-14(17)6-4-13/h3-8H,2,9-12H2,1H3. The highest BCUT2D eigenvalue weighted by molar-refractivity contribution is 7.89. The molecule has 2 heterocycles. The van der Waals surface area contributed by atoms with Gasteiger partial charge in [-0.3, -0.25) is 0 Å². The Morgan fingerprint density at radius 3 is 2.21 bits per heavy atom. The Hall–Kier alpha value is -2.06. The number of hydrogen-bond donors (Lipinski definition) is 0. The van der Waals surface area contributed by atoms with E-state index in [1.165, 1.54) is 16.4 Å². The quantitative estimate of drug-likeness (QED) is 0.840. The van der Waals surface area contributed by atoms with Gasteiger partial charge in [-0.2, -0.15) is 4.31 Å². The van der Waals surface area contributed by atoms with Crippen LogP contribution in [0.5, 0.6) is 0 Å². The van der Waals surface area contributed by atoms with Crippen LogP contribution in [-0.4, -0.2) is 54.9 Å². The van der Waals surface area contributed by atoms with Crippen LogP contribution in [0.2, 0.25) is 0 Å². The maximum atomic E-state index is 13.0. The average Bonchev–Trinajstić information content (AvgIpc) is 2.63. The van der Waals surface area contributed by atoms with E-state index < -0.39 is 10.0 Å². The van der Waals surface area contributed by atoms with Crippen molar-refractivity contribution >= 4 is 15.8 Å². The van der Waals surface area contributed by atoms with Gasteiger partial charge in [-0.1, -0.05) is 0 Å². The van der Waals surface area contributed by atoms with Crippen LogP contribution >= 0.6 is 0 Å². The SMILES string of the molecule is CCS(=O)(=O)N1CCN(c2ccc(-c3ccc(F)cc3)nn2)CC1. The maximum Gasteiger partial charge on any atom is 0.213 e. The molecule has 1 aliphatic heterocycles. The zero-order chi connectivity index (χ0) is 17.2. The van der Waals surface area contributed by atoms with Crippen LogP contribution in [-0.2, 0) is 10.0 Å². The van der Waals surface area contributed by atoms with Crippen molar-refractivity contribution in [2.45, 2.75) is 6.92 Å². The third-order valence-corrected chi connectivity index (χ3v) is 5.99. The van der Waals surface area contributed by atoms with Gasteiger partial charge in [0.15, 0.2) is 5.82 Å². The van der Waals surface area contributed by atoms with E-state index in [9.17, 15) is 12.8 Å². The van der Waals surface area contributed by atoms with Crippen LogP contribution in [0.15, 0.2) is 36.4 Å². The lowest BCUT2D eigenvalue weighted by Crippen LogP contribution is -2.49. The lowest BCUT2D eigenvalue weighted by molar-refractivity contribution is 0.384. The summed E-state index contributed by atoms with van der Waals surface area (Å²) in [5.41, 5.74) is 1.47. The first-order valence-corrected chi connectivity index (χ1v) is 9.43. The Bertz CT molecular complexity index is 786. The van der Waals surface area contributed by atoms with Crippen LogP contribution in [0.3, 0.4) is 0 Å². The third kappa shape index (κ3) is 3.54. The van der Waals surface area contributed by atoms with Gasteiger partial charge >= 0.3 is 0 Å². The molecule has 0 spiro atoms. The Morgan fingerprint density at radius 1 is 1.00 bits per heavy atom. The fourth-order valence-electron chi connectivity index (χ4n) is 2.65. The molecule has 0 bridgehead atoms. The number of anilines is 1. The van der Waals surface area contributed by atoms with Gasteiger partial charge in [0.05, 0.1) is 11.4 Å². The van der Waals surface area contributed by atoms with Crippen molar-refractivity contribution in [3.8, 4) is 11.3 Å². The molecule has 1 fully saturated rings. The third-order valence-electron chi connectivity index (χ3n) is 4.11. The zero-order valence-corrected chi connectivity index (χ0v) is 14.2. The lowest BCUT2D eigenvalue weighted by Gasteiger charge is -2.34. The number of sulfonamides is 1. The largest absolute Gasteiger partial charge is 0.352 e. The molecule has 6 nitrogen and oxygen atoms in total. The van der Waals surface area contributed by atoms with Gasteiger partial charge in [0.1, 0.15) is 5.82 Å². The van der Waals surface area contributed by atoms with Crippen molar-refractivity contribution in [3.63, 3.8) is 0 Å². The normalized spacial score (nSPS) is 16.3. The zero-order valence-electron chi connectivity index (χ0n) is 13.4. The Balaban J connectivity index is 1.68. The van der Waals surface area contributed by atoms with E-state index in [4.69, 9.17) is 0 Å². The summed E-state index contributed by atoms with van der Waals surface area (Å²) < 4.78 is 38.2. The summed E-state index contributed by atoms with van der Waals surface area (Å²) in [7, 11) is -3.13. The molecule has 24 heavy (non-hydrogen) atoms. The van der Waals surface area contributed by atoms with Crippen molar-refractivity contribution in [3.05, 3.63) is 42.2 Å². The van der Waals surface area contributed by atoms with Crippen molar-refractivity contribution in [1.82, 2.24) is 14.5 Å². The van der Waals surface area contributed by atoms with E-state index in [1.54, 1.807) is 19.1 Å². The number of nitrogens with zero attached hydrogens (tertiary/aromatic N) is 4. The first-order chi connectivity index (χ1) is 11.5. The van der Waals surface area contributed by atoms with E-state index >= 15 is 0 Å². The van der Waals surface area contributed by atoms with E-state index in [0.29, 0.717) is 31.9 Å². The molecule has 0 saturated carbocycles. The molecule has 1 saturated heterocycles. The summed E-state index contributed by atoms with van der Waals surface area (Å²) >= 11 is 0. The van der Waals surface area contributed by atoms with Gasteiger partial charge in [0.25, 0.3) is 0 Å². The monoisotopic (exact) mass is 350 g/mol. The molecule has 1 aromatic carbocycles. The molecule has 0 unspecified atom stereocenters. The molecule has 0 amide bonds. The lowest BCUT2D eigenvalue weighted by atomic mass is 10.1. The van der Waals surface area contributed by atoms with E-state index in [2.05, 4.69) is 10.2 Å². The highest BCUT2D eigenvalue weighted by Crippen LogP contribution is 2.20. The molecular weight excluding hydrogens is 331 g/mol. The molecular formula is C16H19FN4O2S. The second-order valence-corrected chi connectivity index (χ2v) is 7.83. The van der Waals surface area contributed by atoms with Crippen molar-refractivity contribution in [2.75, 3.05) is 36.8 Å². The first kappa shape index (κ1) is 16.8. The minimum Gasteiger partial charge on any atom is -0.352 e. The first-order valence-electron chi connectivity index (χ1n) is 7.82. The molecule has 8 heteroatoms. The number of rotatable bonds is 4. The van der Waals surface area contributed by atoms with E-state index in [-0.39, 0.29) is 11.6 Å². The number of piperazine rings is 1. The predicted octanol–water partition coefficient (Wildman–Crippen LogP) is 1.75. The van der Waals surface area contributed by atoms with E-state index in [1.807, 2.05) is 17.0 Å². The summed E-state index contributed by atoms with van der Waals surface area (Å²) in [5, 5.41) is 8.41. The van der Waals surface area contributed by atoms with Gasteiger partial charge in [-0.05, 0) is 43.3 Å². The number of hydrogen-bond acceptors (Lipinski definition) is 5. The minimum absolute atomic E-state index is 0.124. The summed E-state index contributed by atoms with van der Waals surface area (Å²) in [6.45, 7) is 3.74. The Morgan fingerprint density at radius 2 is 1.67 bits per heavy atom. The second kappa shape index (κ2) is 6.82. The van der Waals surface area contributed by atoms with Crippen molar-refractivity contribution < 1.29 is 12.8 Å². The summed E-state index contributed by atoms with van der Waals surface area (Å²) in [4.78, 5) is 2.02. The molecule has 3 rings (SSSR count). The molecule has 2 aromatic rings. The minimum atomic E-state index is -3.13. The average molecular weight is 350 g/mol. The van der Waals surface area contributed by atoms with Crippen molar-refractivity contribution in [1.29, 1.82) is 0 Å². The summed E-state index contributed by atoms with van der Waals surface area (Å²) in [5.74, 6) is 0.553. The van der Waals surface area contributed by atoms with Gasteiger partial charge < -0.3 is 4.90 Å². The second-order valence-electron chi connectivity index (χ2n) is 5.57. The number of benzene rings is 1. The molecule has 0 radical (unpaired) electrons. The maximum absolute atomic E-state index is 13.0. The topological polar surface area (TPSA) is 66.4 Å². The molecule has 1 aromatic heterocycles. The highest BCUT2D eigenvalue weighted by Gasteiger charge is 2.26. The Kier molecular flexibility index (Phi) is 4.77. The number of aromatic nitrogens is 2. The van der Waals surface area contributed by atoms with Crippen LogP contribution < -0.4 is 4.90 Å². The highest BCUT2D eigenvalue weighted by atomic mass is 32.2. The van der Waals surface area contributed by atoms with E-state index in [0.717, 1.165) is 11.4 Å². The van der Waals surface area contributed by atoms with Gasteiger partial charge in [-0.25, -0.2) is 12.8 Å². The molecule has 1 aliphatic rings. The molecule has 0 N–H and O–H groups in total. The van der Waals surface area contributed by atoms with Crippen LogP contribution in [0, 0.1) is 5.82 Å². The van der Waals surface area contributed by atoms with Crippen LogP contribution in [0.4, 0.5) is 10.2 Å². The molecule has 0 aliphatic carbocycles. The summed E-state index contributed by atoms with van der Waals surface area (Å²) in [6.07, 6.45) is 0. The van der Waals surface area contributed by atoms with Gasteiger partial charge in [0.2, 0.25) is 10.0 Å². The predicted molar refractivity (Wildman–Crippen MR) is 90.7 cm³/mol. The number of halogens is 1. The smallest absolute Gasteiger partial charge is 0.213 e. The molecule has 128 valence electrons. The Labute approximate surface area is 141 Å². The fourth-order valence-corrected chi connectivity index (χ4v) is 3.73. The van der Waals surface area contributed by atoms with Crippen molar-refractivity contribution in [2.24, 2.45) is 0 Å².